The summed E-state index contributed by atoms with van der Waals surface area (Å²) in [5.41, 5.74) is 2.67. The molecule has 0 bridgehead atoms. The molecule has 3 nitrogen and oxygen atoms in total. The van der Waals surface area contributed by atoms with Crippen molar-refractivity contribution in [2.45, 2.75) is 32.2 Å². The van der Waals surface area contributed by atoms with Crippen molar-refractivity contribution >= 4 is 0 Å². The Kier molecular flexibility index (Phi) is 4.70. The van der Waals surface area contributed by atoms with Gasteiger partial charge in [0.25, 0.3) is 0 Å². The summed E-state index contributed by atoms with van der Waals surface area (Å²) in [5.74, 6) is 7.70. The maximum atomic E-state index is 5.40. The van der Waals surface area contributed by atoms with Crippen LogP contribution >= 0.6 is 0 Å². The molecule has 0 aliphatic carbocycles. The summed E-state index contributed by atoms with van der Waals surface area (Å²) in [6, 6.07) is 4.57. The molecule has 0 aromatic heterocycles. The number of methoxy groups -OCH3 is 2. The van der Waals surface area contributed by atoms with Crippen molar-refractivity contribution in [3.8, 4) is 23.3 Å². The van der Waals surface area contributed by atoms with E-state index in [0.717, 1.165) is 37.3 Å². The monoisotopic (exact) mass is 259 g/mol. The lowest BCUT2D eigenvalue weighted by Gasteiger charge is -2.27. The molecule has 1 heterocycles. The van der Waals surface area contributed by atoms with Crippen molar-refractivity contribution in [3.05, 3.63) is 23.3 Å². The third kappa shape index (κ3) is 3.02. The van der Waals surface area contributed by atoms with E-state index in [1.165, 1.54) is 11.1 Å². The van der Waals surface area contributed by atoms with E-state index in [1.54, 1.807) is 14.2 Å². The van der Waals surface area contributed by atoms with Crippen LogP contribution < -0.4 is 14.8 Å². The van der Waals surface area contributed by atoms with Gasteiger partial charge in [-0.25, -0.2) is 0 Å². The van der Waals surface area contributed by atoms with Crippen molar-refractivity contribution in [2.75, 3.05) is 20.8 Å². The molecular weight excluding hydrogens is 238 g/mol. The number of fused-ring (bicyclic) bond motifs is 1. The quantitative estimate of drug-likeness (QED) is 0.843. The zero-order valence-electron chi connectivity index (χ0n) is 11.9. The average molecular weight is 259 g/mol. The second-order valence-electron chi connectivity index (χ2n) is 4.63. The fraction of sp³-hybridized carbons (Fsp3) is 0.500. The number of nitrogens with one attached hydrogen (secondary N) is 1. The molecule has 19 heavy (non-hydrogen) atoms. The Morgan fingerprint density at radius 3 is 2.68 bits per heavy atom. The average Bonchev–Trinajstić information content (AvgIpc) is 2.46. The summed E-state index contributed by atoms with van der Waals surface area (Å²) in [6.07, 6.45) is 2.98. The highest BCUT2D eigenvalue weighted by molar-refractivity contribution is 5.49. The summed E-state index contributed by atoms with van der Waals surface area (Å²) in [7, 11) is 3.36. The van der Waals surface area contributed by atoms with E-state index >= 15 is 0 Å². The molecule has 3 heteroatoms. The van der Waals surface area contributed by atoms with Gasteiger partial charge in [-0.05, 0) is 49.6 Å². The van der Waals surface area contributed by atoms with Crippen LogP contribution in [0.2, 0.25) is 0 Å². The van der Waals surface area contributed by atoms with E-state index in [1.807, 2.05) is 6.92 Å². The Hall–Kier alpha value is -1.66. The standard InChI is InChI=1S/C16H21NO2/c1-4-5-6-7-14-13-11-16(19-3)15(18-2)10-12(13)8-9-17-14/h10-11,14,17H,6-9H2,1-3H3/t14-/m0/s1. The number of benzene rings is 1. The summed E-state index contributed by atoms with van der Waals surface area (Å²) in [6.45, 7) is 2.89. The van der Waals surface area contributed by atoms with Crippen LogP contribution in [0.15, 0.2) is 12.1 Å². The van der Waals surface area contributed by atoms with Crippen molar-refractivity contribution in [2.24, 2.45) is 0 Å². The molecule has 1 aliphatic heterocycles. The van der Waals surface area contributed by atoms with Crippen LogP contribution in [0.1, 0.15) is 36.9 Å². The second-order valence-corrected chi connectivity index (χ2v) is 4.63. The predicted molar refractivity (Wildman–Crippen MR) is 76.7 cm³/mol. The lowest BCUT2D eigenvalue weighted by Crippen LogP contribution is -2.29. The van der Waals surface area contributed by atoms with Crippen LogP contribution in [-0.2, 0) is 6.42 Å². The topological polar surface area (TPSA) is 30.5 Å². The lowest BCUT2D eigenvalue weighted by molar-refractivity contribution is 0.351. The first-order chi connectivity index (χ1) is 9.30. The Morgan fingerprint density at radius 2 is 2.00 bits per heavy atom. The maximum absolute atomic E-state index is 5.40. The lowest BCUT2D eigenvalue weighted by atomic mass is 9.91. The van der Waals surface area contributed by atoms with Gasteiger partial charge in [0.15, 0.2) is 11.5 Å². The van der Waals surface area contributed by atoms with Gasteiger partial charge in [-0.3, -0.25) is 0 Å². The molecular formula is C16H21NO2. The van der Waals surface area contributed by atoms with Gasteiger partial charge in [-0.2, -0.15) is 0 Å². The molecule has 1 N–H and O–H groups in total. The van der Waals surface area contributed by atoms with E-state index in [2.05, 4.69) is 29.3 Å². The van der Waals surface area contributed by atoms with Crippen LogP contribution in [0.3, 0.4) is 0 Å². The molecule has 1 aromatic rings. The van der Waals surface area contributed by atoms with Gasteiger partial charge in [0.2, 0.25) is 0 Å². The SMILES string of the molecule is CC#CCC[C@@H]1NCCc2cc(OC)c(OC)cc21. The zero-order valence-corrected chi connectivity index (χ0v) is 11.9. The minimum absolute atomic E-state index is 0.365. The van der Waals surface area contributed by atoms with E-state index in [0.29, 0.717) is 6.04 Å². The van der Waals surface area contributed by atoms with Gasteiger partial charge in [0, 0.05) is 12.5 Å². The van der Waals surface area contributed by atoms with Crippen LogP contribution in [-0.4, -0.2) is 20.8 Å². The van der Waals surface area contributed by atoms with Gasteiger partial charge in [-0.1, -0.05) is 0 Å². The largest absolute Gasteiger partial charge is 0.493 e. The Bertz CT molecular complexity index is 499. The van der Waals surface area contributed by atoms with Crippen LogP contribution in [0, 0.1) is 11.8 Å². The number of hydrogen-bond acceptors (Lipinski definition) is 3. The third-order valence-corrected chi connectivity index (χ3v) is 3.54. The molecule has 0 saturated carbocycles. The van der Waals surface area contributed by atoms with Crippen molar-refractivity contribution in [3.63, 3.8) is 0 Å². The smallest absolute Gasteiger partial charge is 0.161 e. The third-order valence-electron chi connectivity index (χ3n) is 3.54. The Morgan fingerprint density at radius 1 is 1.26 bits per heavy atom. The van der Waals surface area contributed by atoms with Crippen molar-refractivity contribution in [1.29, 1.82) is 0 Å². The molecule has 1 atom stereocenters. The van der Waals surface area contributed by atoms with Gasteiger partial charge in [-0.15, -0.1) is 11.8 Å². The normalized spacial score (nSPS) is 17.1. The van der Waals surface area contributed by atoms with E-state index in [-0.39, 0.29) is 0 Å². The molecule has 0 fully saturated rings. The molecule has 1 aromatic carbocycles. The van der Waals surface area contributed by atoms with Gasteiger partial charge >= 0.3 is 0 Å². The van der Waals surface area contributed by atoms with E-state index in [4.69, 9.17) is 9.47 Å². The van der Waals surface area contributed by atoms with E-state index < -0.39 is 0 Å². The summed E-state index contributed by atoms with van der Waals surface area (Å²) in [4.78, 5) is 0. The molecule has 1 aliphatic rings. The minimum atomic E-state index is 0.365. The van der Waals surface area contributed by atoms with Gasteiger partial charge < -0.3 is 14.8 Å². The predicted octanol–water partition coefficient (Wildman–Crippen LogP) is 2.69. The molecule has 0 saturated heterocycles. The highest BCUT2D eigenvalue weighted by Gasteiger charge is 2.21. The first kappa shape index (κ1) is 13.8. The molecule has 0 amide bonds. The number of ether oxygens (including phenoxy) is 2. The fourth-order valence-electron chi connectivity index (χ4n) is 2.57. The summed E-state index contributed by atoms with van der Waals surface area (Å²) in [5, 5.41) is 3.56. The van der Waals surface area contributed by atoms with Gasteiger partial charge in [0.05, 0.1) is 14.2 Å². The van der Waals surface area contributed by atoms with Crippen LogP contribution in [0.5, 0.6) is 11.5 Å². The van der Waals surface area contributed by atoms with Crippen molar-refractivity contribution in [1.82, 2.24) is 5.32 Å². The Labute approximate surface area is 115 Å². The first-order valence-corrected chi connectivity index (χ1v) is 6.68. The van der Waals surface area contributed by atoms with Crippen LogP contribution in [0.25, 0.3) is 0 Å². The minimum Gasteiger partial charge on any atom is -0.493 e. The summed E-state index contributed by atoms with van der Waals surface area (Å²) < 4.78 is 10.8. The van der Waals surface area contributed by atoms with Crippen molar-refractivity contribution < 1.29 is 9.47 Å². The van der Waals surface area contributed by atoms with Gasteiger partial charge in [0.1, 0.15) is 0 Å². The number of rotatable bonds is 4. The molecule has 0 radical (unpaired) electrons. The number of hydrogen-bond donors (Lipinski definition) is 1. The molecule has 0 spiro atoms. The molecule has 102 valence electrons. The molecule has 2 rings (SSSR count). The zero-order chi connectivity index (χ0) is 13.7. The molecule has 0 unspecified atom stereocenters. The second kappa shape index (κ2) is 6.49. The highest BCUT2D eigenvalue weighted by Crippen LogP contribution is 2.36. The highest BCUT2D eigenvalue weighted by atomic mass is 16.5. The Balaban J connectivity index is 2.28. The fourth-order valence-corrected chi connectivity index (χ4v) is 2.57. The maximum Gasteiger partial charge on any atom is 0.161 e. The summed E-state index contributed by atoms with van der Waals surface area (Å²) >= 11 is 0. The van der Waals surface area contributed by atoms with Crippen LogP contribution in [0.4, 0.5) is 0 Å². The first-order valence-electron chi connectivity index (χ1n) is 6.68. The van der Waals surface area contributed by atoms with E-state index in [9.17, 15) is 0 Å².